The molecule has 6 heteroatoms. The summed E-state index contributed by atoms with van der Waals surface area (Å²) in [5, 5.41) is 7.28. The molecule has 1 rings (SSSR count). The summed E-state index contributed by atoms with van der Waals surface area (Å²) in [6, 6.07) is 0. The van der Waals surface area contributed by atoms with Crippen molar-refractivity contribution in [1.82, 2.24) is 10.2 Å². The highest BCUT2D eigenvalue weighted by atomic mass is 35.5. The van der Waals surface area contributed by atoms with Gasteiger partial charge in [0.25, 0.3) is 0 Å². The van der Waals surface area contributed by atoms with Crippen molar-refractivity contribution in [2.24, 2.45) is 10.2 Å². The molecule has 0 spiro atoms. The third kappa shape index (κ3) is 1.24. The van der Waals surface area contributed by atoms with Crippen LogP contribution in [0.5, 0.6) is 0 Å². The van der Waals surface area contributed by atoms with Crippen LogP contribution in [0, 0.1) is 0 Å². The van der Waals surface area contributed by atoms with Crippen LogP contribution in [0.2, 0.25) is 0 Å². The van der Waals surface area contributed by atoms with E-state index in [1.54, 1.807) is 0 Å². The van der Waals surface area contributed by atoms with Crippen LogP contribution in [0.25, 0.3) is 0 Å². The van der Waals surface area contributed by atoms with Crippen LogP contribution < -0.4 is 5.53 Å². The standard InChI is InChI=1S/C2H2Cl2N4/c3-2-1-5-8(4)7-6-2/h1,7H. The Morgan fingerprint density at radius 1 is 1.75 bits per heavy atom. The Bertz CT molecular complexity index is 141. The Labute approximate surface area is 55.8 Å². The van der Waals surface area contributed by atoms with Crippen LogP contribution in [-0.2, 0) is 0 Å². The molecule has 0 amide bonds. The van der Waals surface area contributed by atoms with Crippen molar-refractivity contribution in [3.63, 3.8) is 0 Å². The van der Waals surface area contributed by atoms with Gasteiger partial charge >= 0.3 is 0 Å². The maximum atomic E-state index is 5.33. The molecule has 44 valence electrons. The highest BCUT2D eigenvalue weighted by Gasteiger charge is 1.98. The summed E-state index contributed by atoms with van der Waals surface area (Å²) < 4.78 is 0.923. The van der Waals surface area contributed by atoms with E-state index in [4.69, 9.17) is 23.4 Å². The summed E-state index contributed by atoms with van der Waals surface area (Å²) in [4.78, 5) is 0. The third-order valence-corrected chi connectivity index (χ3v) is 0.850. The molecule has 0 saturated carbocycles. The first-order chi connectivity index (χ1) is 3.79. The lowest BCUT2D eigenvalue weighted by Crippen LogP contribution is -2.24. The number of hydrazine groups is 1. The van der Waals surface area contributed by atoms with Crippen LogP contribution >= 0.6 is 23.4 Å². The van der Waals surface area contributed by atoms with Gasteiger partial charge in [0.1, 0.15) is 0 Å². The van der Waals surface area contributed by atoms with Crippen LogP contribution in [0.1, 0.15) is 0 Å². The zero-order valence-electron chi connectivity index (χ0n) is 3.67. The van der Waals surface area contributed by atoms with Crippen LogP contribution in [0.3, 0.4) is 0 Å². The number of rotatable bonds is 0. The first-order valence-electron chi connectivity index (χ1n) is 1.78. The van der Waals surface area contributed by atoms with Gasteiger partial charge in [-0.1, -0.05) is 16.2 Å². The monoisotopic (exact) mass is 152 g/mol. The van der Waals surface area contributed by atoms with Gasteiger partial charge in [0, 0.05) is 0 Å². The number of hydrogen-bond acceptors (Lipinski definition) is 4. The first-order valence-corrected chi connectivity index (χ1v) is 2.49. The van der Waals surface area contributed by atoms with Crippen LogP contribution in [-0.4, -0.2) is 16.0 Å². The van der Waals surface area contributed by atoms with Crippen molar-refractivity contribution in [2.45, 2.75) is 0 Å². The Hall–Kier alpha value is -0.480. The average Bonchev–Trinajstić information content (AvgIpc) is 1.77. The maximum Gasteiger partial charge on any atom is 0.171 e. The number of hydrazone groups is 2. The fourth-order valence-electron chi connectivity index (χ4n) is 0.242. The van der Waals surface area contributed by atoms with E-state index in [0.29, 0.717) is 0 Å². The molecule has 0 aromatic rings. The zero-order chi connectivity index (χ0) is 5.98. The summed E-state index contributed by atoms with van der Waals surface area (Å²) in [7, 11) is 0. The van der Waals surface area contributed by atoms with Crippen molar-refractivity contribution in [2.75, 3.05) is 0 Å². The molecule has 1 heterocycles. The molecule has 0 bridgehead atoms. The molecule has 0 saturated heterocycles. The van der Waals surface area contributed by atoms with E-state index in [1.807, 2.05) is 0 Å². The van der Waals surface area contributed by atoms with E-state index in [1.165, 1.54) is 6.21 Å². The zero-order valence-corrected chi connectivity index (χ0v) is 5.19. The highest BCUT2D eigenvalue weighted by Crippen LogP contribution is 1.94. The molecule has 8 heavy (non-hydrogen) atoms. The number of nitrogens with zero attached hydrogens (tertiary/aromatic N) is 3. The van der Waals surface area contributed by atoms with Gasteiger partial charge in [0.05, 0.1) is 18.0 Å². The molecule has 0 radical (unpaired) electrons. The second-order valence-corrected chi connectivity index (χ2v) is 1.75. The molecule has 0 fully saturated rings. The van der Waals surface area contributed by atoms with Crippen molar-refractivity contribution in [3.05, 3.63) is 0 Å². The molecule has 1 aliphatic rings. The molecule has 4 nitrogen and oxygen atoms in total. The predicted molar refractivity (Wildman–Crippen MR) is 32.6 cm³/mol. The van der Waals surface area contributed by atoms with Crippen molar-refractivity contribution < 1.29 is 0 Å². The Balaban J connectivity index is 2.58. The largest absolute Gasteiger partial charge is 0.185 e. The fourth-order valence-corrected chi connectivity index (χ4v) is 0.405. The quantitative estimate of drug-likeness (QED) is 0.514. The predicted octanol–water partition coefficient (Wildman–Crippen LogP) is 0.498. The number of halogens is 2. The van der Waals surface area contributed by atoms with Gasteiger partial charge in [-0.25, -0.2) is 0 Å². The molecule has 0 atom stereocenters. The van der Waals surface area contributed by atoms with E-state index in [9.17, 15) is 0 Å². The molecule has 0 aromatic carbocycles. The van der Waals surface area contributed by atoms with Crippen molar-refractivity contribution in [1.29, 1.82) is 0 Å². The lowest BCUT2D eigenvalue weighted by molar-refractivity contribution is 0.364. The van der Waals surface area contributed by atoms with Gasteiger partial charge in [-0.2, -0.15) is 5.53 Å². The van der Waals surface area contributed by atoms with E-state index in [2.05, 4.69) is 15.7 Å². The first kappa shape index (κ1) is 5.65. The minimum atomic E-state index is 0.280. The molecular formula is C2H2Cl2N4. The smallest absolute Gasteiger partial charge is 0.171 e. The van der Waals surface area contributed by atoms with Gasteiger partial charge in [-0.15, -0.1) is 10.2 Å². The molecule has 0 aromatic heterocycles. The van der Waals surface area contributed by atoms with E-state index in [-0.39, 0.29) is 5.17 Å². The summed E-state index contributed by atoms with van der Waals surface area (Å²) in [6.07, 6.45) is 1.32. The highest BCUT2D eigenvalue weighted by molar-refractivity contribution is 6.79. The second-order valence-electron chi connectivity index (χ2n) is 1.04. The molecule has 0 aliphatic carbocycles. The summed E-state index contributed by atoms with van der Waals surface area (Å²) >= 11 is 10.6. The molecular weight excluding hydrogens is 151 g/mol. The van der Waals surface area contributed by atoms with Gasteiger partial charge in [0.2, 0.25) is 0 Å². The van der Waals surface area contributed by atoms with Gasteiger partial charge < -0.3 is 0 Å². The SMILES string of the molecule is ClC1=NNN(Cl)N=C1. The summed E-state index contributed by atoms with van der Waals surface area (Å²) in [5.74, 6) is 0. The minimum absolute atomic E-state index is 0.280. The Morgan fingerprint density at radius 3 is 2.88 bits per heavy atom. The summed E-state index contributed by atoms with van der Waals surface area (Å²) in [6.45, 7) is 0. The minimum Gasteiger partial charge on any atom is -0.185 e. The third-order valence-electron chi connectivity index (χ3n) is 0.505. The van der Waals surface area contributed by atoms with Gasteiger partial charge in [-0.05, 0) is 0 Å². The molecule has 1 N–H and O–H groups in total. The number of hydrogen-bond donors (Lipinski definition) is 1. The van der Waals surface area contributed by atoms with E-state index < -0.39 is 0 Å². The second kappa shape index (κ2) is 2.19. The lowest BCUT2D eigenvalue weighted by Gasteiger charge is -2.09. The van der Waals surface area contributed by atoms with Gasteiger partial charge in [0.15, 0.2) is 5.17 Å². The topological polar surface area (TPSA) is 40.0 Å². The summed E-state index contributed by atoms with van der Waals surface area (Å²) in [5.41, 5.74) is 2.29. The number of nitrogens with one attached hydrogen (secondary N) is 1. The maximum absolute atomic E-state index is 5.33. The normalized spacial score (nSPS) is 17.8. The Morgan fingerprint density at radius 2 is 2.50 bits per heavy atom. The van der Waals surface area contributed by atoms with Gasteiger partial charge in [-0.3, -0.25) is 0 Å². The Kier molecular flexibility index (Phi) is 1.55. The van der Waals surface area contributed by atoms with Crippen LogP contribution in [0.15, 0.2) is 10.2 Å². The van der Waals surface area contributed by atoms with Crippen molar-refractivity contribution >= 4 is 34.8 Å². The average molecular weight is 153 g/mol. The molecule has 0 unspecified atom stereocenters. The van der Waals surface area contributed by atoms with Crippen molar-refractivity contribution in [3.8, 4) is 0 Å². The van der Waals surface area contributed by atoms with Crippen LogP contribution in [0.4, 0.5) is 0 Å². The fraction of sp³-hybridized carbons (Fsp3) is 0. The van der Waals surface area contributed by atoms with E-state index in [0.717, 1.165) is 4.64 Å². The molecule has 1 aliphatic heterocycles. The lowest BCUT2D eigenvalue weighted by atomic mass is 10.8. The van der Waals surface area contributed by atoms with E-state index >= 15 is 0 Å².